The molecule has 0 bridgehead atoms. The lowest BCUT2D eigenvalue weighted by molar-refractivity contribution is 0.0620. The Morgan fingerprint density at radius 3 is 2.87 bits per heavy atom. The molecule has 0 N–H and O–H groups in total. The quantitative estimate of drug-likeness (QED) is 0.845. The van der Waals surface area contributed by atoms with Gasteiger partial charge in [0.1, 0.15) is 12.3 Å². The van der Waals surface area contributed by atoms with Crippen LogP contribution < -0.4 is 0 Å². The van der Waals surface area contributed by atoms with Crippen molar-refractivity contribution < 1.29 is 9.53 Å². The Balaban J connectivity index is 1.88. The third kappa shape index (κ3) is 2.63. The molecule has 23 heavy (non-hydrogen) atoms. The van der Waals surface area contributed by atoms with E-state index >= 15 is 0 Å². The van der Waals surface area contributed by atoms with E-state index in [4.69, 9.17) is 4.74 Å². The normalized spacial score (nSPS) is 17.4. The number of hydrogen-bond acceptors (Lipinski definition) is 5. The number of carbonyl (C=O) groups excluding carboxylic acids is 1. The first-order valence-electron chi connectivity index (χ1n) is 7.83. The fraction of sp³-hybridized carbons (Fsp3) is 0.600. The lowest BCUT2D eigenvalue weighted by atomic mass is 10.2. The van der Waals surface area contributed by atoms with Gasteiger partial charge in [-0.05, 0) is 26.8 Å². The Bertz CT molecular complexity index is 720. The van der Waals surface area contributed by atoms with Crippen LogP contribution in [0.5, 0.6) is 0 Å². The van der Waals surface area contributed by atoms with Crippen LogP contribution in [0.2, 0.25) is 0 Å². The van der Waals surface area contributed by atoms with Gasteiger partial charge < -0.3 is 14.2 Å². The molecule has 2 aromatic rings. The highest BCUT2D eigenvalue weighted by Gasteiger charge is 2.33. The van der Waals surface area contributed by atoms with E-state index in [9.17, 15) is 4.79 Å². The molecule has 0 spiro atoms. The van der Waals surface area contributed by atoms with Crippen molar-refractivity contribution in [3.63, 3.8) is 0 Å². The van der Waals surface area contributed by atoms with E-state index in [-0.39, 0.29) is 11.9 Å². The minimum Gasteiger partial charge on any atom is -0.377 e. The molecule has 8 nitrogen and oxygen atoms in total. The van der Waals surface area contributed by atoms with Crippen LogP contribution in [0.3, 0.4) is 0 Å². The number of nitrogens with zero attached hydrogens (tertiary/aromatic N) is 6. The highest BCUT2D eigenvalue weighted by atomic mass is 16.5. The predicted molar refractivity (Wildman–Crippen MR) is 82.8 cm³/mol. The van der Waals surface area contributed by atoms with Crippen molar-refractivity contribution in [1.82, 2.24) is 29.4 Å². The van der Waals surface area contributed by atoms with Crippen molar-refractivity contribution in [1.29, 1.82) is 0 Å². The maximum Gasteiger partial charge on any atom is 0.272 e. The Kier molecular flexibility index (Phi) is 4.16. The van der Waals surface area contributed by atoms with Gasteiger partial charge in [-0.3, -0.25) is 9.48 Å². The number of fused-ring (bicyclic) bond motifs is 1. The Labute approximate surface area is 135 Å². The minimum absolute atomic E-state index is 0.0116. The van der Waals surface area contributed by atoms with Gasteiger partial charge in [-0.25, -0.2) is 0 Å². The van der Waals surface area contributed by atoms with Crippen molar-refractivity contribution in [3.8, 4) is 0 Å². The number of amides is 1. The maximum absolute atomic E-state index is 12.9. The SMILES string of the molecule is CCn1nc(C)cc1C(=O)N1CCn2c(COC)nnc2[C@H]1C. The van der Waals surface area contributed by atoms with Gasteiger partial charge in [-0.1, -0.05) is 0 Å². The van der Waals surface area contributed by atoms with E-state index in [2.05, 4.69) is 15.3 Å². The molecule has 1 aliphatic heterocycles. The zero-order valence-corrected chi connectivity index (χ0v) is 14.0. The second-order valence-electron chi connectivity index (χ2n) is 5.72. The molecule has 0 unspecified atom stereocenters. The third-order valence-electron chi connectivity index (χ3n) is 4.22. The van der Waals surface area contributed by atoms with Gasteiger partial charge in [-0.2, -0.15) is 5.10 Å². The average molecular weight is 318 g/mol. The van der Waals surface area contributed by atoms with E-state index in [1.807, 2.05) is 36.3 Å². The fourth-order valence-corrected chi connectivity index (χ4v) is 3.06. The molecule has 1 atom stereocenters. The Morgan fingerprint density at radius 2 is 2.17 bits per heavy atom. The lowest BCUT2D eigenvalue weighted by Gasteiger charge is -2.33. The molecule has 0 aromatic carbocycles. The fourth-order valence-electron chi connectivity index (χ4n) is 3.06. The first kappa shape index (κ1) is 15.7. The molecule has 0 saturated heterocycles. The van der Waals surface area contributed by atoms with E-state index in [1.165, 1.54) is 0 Å². The molecule has 8 heteroatoms. The largest absolute Gasteiger partial charge is 0.377 e. The first-order valence-corrected chi connectivity index (χ1v) is 7.83. The number of aromatic nitrogens is 5. The number of hydrogen-bond donors (Lipinski definition) is 0. The summed E-state index contributed by atoms with van der Waals surface area (Å²) in [5.41, 5.74) is 1.48. The van der Waals surface area contributed by atoms with Crippen molar-refractivity contribution in [2.45, 2.75) is 46.5 Å². The van der Waals surface area contributed by atoms with E-state index in [0.717, 1.165) is 17.3 Å². The monoisotopic (exact) mass is 318 g/mol. The van der Waals surface area contributed by atoms with Crippen LogP contribution in [-0.4, -0.2) is 49.0 Å². The molecule has 0 radical (unpaired) electrons. The second-order valence-corrected chi connectivity index (χ2v) is 5.72. The average Bonchev–Trinajstić information content (AvgIpc) is 3.11. The smallest absolute Gasteiger partial charge is 0.272 e. The number of rotatable bonds is 4. The summed E-state index contributed by atoms with van der Waals surface area (Å²) in [6.07, 6.45) is 0. The first-order chi connectivity index (χ1) is 11.1. The number of aryl methyl sites for hydroxylation is 2. The predicted octanol–water partition coefficient (Wildman–Crippen LogP) is 1.17. The van der Waals surface area contributed by atoms with Crippen molar-refractivity contribution >= 4 is 5.91 Å². The van der Waals surface area contributed by atoms with Crippen LogP contribution >= 0.6 is 0 Å². The number of methoxy groups -OCH3 is 1. The number of carbonyl (C=O) groups is 1. The molecule has 3 rings (SSSR count). The van der Waals surface area contributed by atoms with Gasteiger partial charge in [0.05, 0.1) is 11.7 Å². The summed E-state index contributed by atoms with van der Waals surface area (Å²) < 4.78 is 8.94. The van der Waals surface area contributed by atoms with Crippen LogP contribution in [-0.2, 0) is 24.4 Å². The van der Waals surface area contributed by atoms with Crippen LogP contribution in [0.25, 0.3) is 0 Å². The molecule has 1 aliphatic rings. The summed E-state index contributed by atoms with van der Waals surface area (Å²) in [5.74, 6) is 1.59. The molecule has 0 aliphatic carbocycles. The Morgan fingerprint density at radius 1 is 1.39 bits per heavy atom. The van der Waals surface area contributed by atoms with Crippen molar-refractivity contribution in [2.24, 2.45) is 0 Å². The van der Waals surface area contributed by atoms with Gasteiger partial charge in [0, 0.05) is 26.7 Å². The van der Waals surface area contributed by atoms with Crippen LogP contribution in [0.1, 0.15) is 47.7 Å². The summed E-state index contributed by atoms with van der Waals surface area (Å²) in [5, 5.41) is 12.8. The van der Waals surface area contributed by atoms with Gasteiger partial charge in [0.25, 0.3) is 5.91 Å². The van der Waals surface area contributed by atoms with Crippen LogP contribution in [0.15, 0.2) is 6.07 Å². The van der Waals surface area contributed by atoms with Crippen LogP contribution in [0.4, 0.5) is 0 Å². The third-order valence-corrected chi connectivity index (χ3v) is 4.22. The molecule has 3 heterocycles. The van der Waals surface area contributed by atoms with Gasteiger partial charge >= 0.3 is 0 Å². The van der Waals surface area contributed by atoms with E-state index < -0.39 is 0 Å². The topological polar surface area (TPSA) is 78.1 Å². The minimum atomic E-state index is -0.130. The van der Waals surface area contributed by atoms with Crippen molar-refractivity contribution in [2.75, 3.05) is 13.7 Å². The zero-order chi connectivity index (χ0) is 16.6. The molecule has 2 aromatic heterocycles. The number of ether oxygens (including phenoxy) is 1. The standard InChI is InChI=1S/C15H22N6O2/c1-5-21-12(8-10(2)18-21)15(22)19-6-7-20-13(9-23-4)16-17-14(20)11(19)3/h8,11H,5-7,9H2,1-4H3/t11-/m1/s1. The molecule has 0 fully saturated rings. The zero-order valence-electron chi connectivity index (χ0n) is 14.0. The van der Waals surface area contributed by atoms with Gasteiger partial charge in [0.15, 0.2) is 11.6 Å². The molecular weight excluding hydrogens is 296 g/mol. The summed E-state index contributed by atoms with van der Waals surface area (Å²) >= 11 is 0. The van der Waals surface area contributed by atoms with Crippen molar-refractivity contribution in [3.05, 3.63) is 29.1 Å². The molecule has 1 amide bonds. The van der Waals surface area contributed by atoms with Crippen LogP contribution in [0, 0.1) is 6.92 Å². The lowest BCUT2D eigenvalue weighted by Crippen LogP contribution is -2.42. The Hall–Kier alpha value is -2.22. The maximum atomic E-state index is 12.9. The van der Waals surface area contributed by atoms with Gasteiger partial charge in [-0.15, -0.1) is 10.2 Å². The second kappa shape index (κ2) is 6.11. The molecular formula is C15H22N6O2. The summed E-state index contributed by atoms with van der Waals surface area (Å²) in [7, 11) is 1.64. The summed E-state index contributed by atoms with van der Waals surface area (Å²) in [4.78, 5) is 14.8. The van der Waals surface area contributed by atoms with E-state index in [0.29, 0.717) is 31.9 Å². The molecule has 0 saturated carbocycles. The molecule has 124 valence electrons. The highest BCUT2D eigenvalue weighted by molar-refractivity contribution is 5.93. The van der Waals surface area contributed by atoms with E-state index in [1.54, 1.807) is 11.8 Å². The summed E-state index contributed by atoms with van der Waals surface area (Å²) in [6, 6.07) is 1.71. The summed E-state index contributed by atoms with van der Waals surface area (Å²) in [6.45, 7) is 8.26. The highest BCUT2D eigenvalue weighted by Crippen LogP contribution is 2.26. The van der Waals surface area contributed by atoms with Gasteiger partial charge in [0.2, 0.25) is 0 Å².